The van der Waals surface area contributed by atoms with Crippen LogP contribution >= 0.6 is 0 Å². The topological polar surface area (TPSA) is 68.2 Å². The Balaban J connectivity index is 1.60. The predicted octanol–water partition coefficient (Wildman–Crippen LogP) is 1.51. The summed E-state index contributed by atoms with van der Waals surface area (Å²) in [6.45, 7) is 4.52. The molecule has 7 heteroatoms. The molecule has 22 heavy (non-hydrogen) atoms. The van der Waals surface area contributed by atoms with E-state index in [1.165, 1.54) is 19.3 Å². The Morgan fingerprint density at radius 2 is 1.77 bits per heavy atom. The van der Waals surface area contributed by atoms with Crippen molar-refractivity contribution in [3.63, 3.8) is 0 Å². The molecule has 0 aromatic carbocycles. The third-order valence-electron chi connectivity index (χ3n) is 4.90. The highest BCUT2D eigenvalue weighted by Crippen LogP contribution is 2.27. The maximum absolute atomic E-state index is 11.7. The SMILES string of the molecule is CN(C)C(=O)NC1CCC(CCN2CCN(N=O)CC2)CC1. The maximum atomic E-state index is 11.7. The Morgan fingerprint density at radius 1 is 1.14 bits per heavy atom. The molecule has 2 rings (SSSR count). The minimum Gasteiger partial charge on any atom is -0.335 e. The van der Waals surface area contributed by atoms with E-state index in [4.69, 9.17) is 0 Å². The standard InChI is InChI=1S/C15H29N5O2/c1-18(2)15(21)16-14-5-3-13(4-6-14)7-8-19-9-11-20(17-22)12-10-19/h13-14H,3-12H2,1-2H3,(H,16,21). The van der Waals surface area contributed by atoms with E-state index in [1.54, 1.807) is 24.0 Å². The first-order chi connectivity index (χ1) is 10.6. The van der Waals surface area contributed by atoms with Crippen molar-refractivity contribution in [3.05, 3.63) is 4.91 Å². The highest BCUT2D eigenvalue weighted by Gasteiger charge is 2.24. The molecular weight excluding hydrogens is 282 g/mol. The molecule has 2 aliphatic rings. The quantitative estimate of drug-likeness (QED) is 0.781. The molecule has 0 aromatic rings. The van der Waals surface area contributed by atoms with Crippen LogP contribution in [-0.2, 0) is 0 Å². The monoisotopic (exact) mass is 311 g/mol. The van der Waals surface area contributed by atoms with Crippen LogP contribution in [0.25, 0.3) is 0 Å². The highest BCUT2D eigenvalue weighted by atomic mass is 16.3. The van der Waals surface area contributed by atoms with E-state index < -0.39 is 0 Å². The summed E-state index contributed by atoms with van der Waals surface area (Å²) in [5.41, 5.74) is 0. The Hall–Kier alpha value is -1.37. The number of hydrogen-bond acceptors (Lipinski definition) is 4. The van der Waals surface area contributed by atoms with Crippen LogP contribution in [-0.4, -0.2) is 73.7 Å². The van der Waals surface area contributed by atoms with Gasteiger partial charge in [0, 0.05) is 33.2 Å². The van der Waals surface area contributed by atoms with E-state index in [0.717, 1.165) is 51.5 Å². The van der Waals surface area contributed by atoms with Crippen molar-refractivity contribution in [3.8, 4) is 0 Å². The molecular formula is C15H29N5O2. The van der Waals surface area contributed by atoms with Gasteiger partial charge in [0.05, 0.1) is 18.4 Å². The van der Waals surface area contributed by atoms with Crippen molar-refractivity contribution in [1.29, 1.82) is 0 Å². The lowest BCUT2D eigenvalue weighted by Gasteiger charge is -2.34. The number of rotatable bonds is 5. The number of urea groups is 1. The molecule has 0 bridgehead atoms. The van der Waals surface area contributed by atoms with Gasteiger partial charge in [-0.05, 0) is 44.6 Å². The van der Waals surface area contributed by atoms with Gasteiger partial charge in [-0.15, -0.1) is 4.91 Å². The molecule has 2 amide bonds. The van der Waals surface area contributed by atoms with Crippen LogP contribution in [0.5, 0.6) is 0 Å². The minimum absolute atomic E-state index is 0.0186. The molecule has 1 N–H and O–H groups in total. The second-order valence-corrected chi connectivity index (χ2v) is 6.73. The van der Waals surface area contributed by atoms with Crippen LogP contribution in [0.2, 0.25) is 0 Å². The smallest absolute Gasteiger partial charge is 0.317 e. The summed E-state index contributed by atoms with van der Waals surface area (Å²) in [4.78, 5) is 26.1. The van der Waals surface area contributed by atoms with Gasteiger partial charge in [0.2, 0.25) is 0 Å². The molecule has 0 spiro atoms. The predicted molar refractivity (Wildman–Crippen MR) is 86.4 cm³/mol. The van der Waals surface area contributed by atoms with Gasteiger partial charge in [-0.1, -0.05) is 0 Å². The van der Waals surface area contributed by atoms with Crippen molar-refractivity contribution in [2.75, 3.05) is 46.8 Å². The van der Waals surface area contributed by atoms with Gasteiger partial charge >= 0.3 is 6.03 Å². The zero-order valence-electron chi connectivity index (χ0n) is 13.8. The van der Waals surface area contributed by atoms with E-state index in [1.807, 2.05) is 0 Å². The Morgan fingerprint density at radius 3 is 2.32 bits per heavy atom. The van der Waals surface area contributed by atoms with Gasteiger partial charge in [-0.3, -0.25) is 9.91 Å². The van der Waals surface area contributed by atoms with Crippen LogP contribution in [0.3, 0.4) is 0 Å². The van der Waals surface area contributed by atoms with Gasteiger partial charge in [-0.25, -0.2) is 4.79 Å². The van der Waals surface area contributed by atoms with E-state index in [9.17, 15) is 9.70 Å². The number of nitroso groups, excluding NO2 is 1. The zero-order valence-corrected chi connectivity index (χ0v) is 13.8. The fourth-order valence-electron chi connectivity index (χ4n) is 3.31. The van der Waals surface area contributed by atoms with Crippen molar-refractivity contribution in [2.45, 2.75) is 38.1 Å². The second kappa shape index (κ2) is 8.31. The van der Waals surface area contributed by atoms with Crippen molar-refractivity contribution in [2.24, 2.45) is 11.2 Å². The minimum atomic E-state index is 0.0186. The molecule has 0 atom stereocenters. The lowest BCUT2D eigenvalue weighted by atomic mass is 9.84. The van der Waals surface area contributed by atoms with Gasteiger partial charge < -0.3 is 10.2 Å². The van der Waals surface area contributed by atoms with Crippen LogP contribution in [0, 0.1) is 10.8 Å². The van der Waals surface area contributed by atoms with Crippen molar-refractivity contribution >= 4 is 6.03 Å². The third kappa shape index (κ3) is 5.12. The summed E-state index contributed by atoms with van der Waals surface area (Å²) >= 11 is 0. The Labute approximate surface area is 132 Å². The molecule has 1 heterocycles. The molecule has 1 aliphatic heterocycles. The van der Waals surface area contributed by atoms with E-state index >= 15 is 0 Å². The first-order valence-electron chi connectivity index (χ1n) is 8.37. The summed E-state index contributed by atoms with van der Waals surface area (Å²) in [6, 6.07) is 0.360. The number of nitrogens with zero attached hydrogens (tertiary/aromatic N) is 4. The number of amides is 2. The lowest BCUT2D eigenvalue weighted by molar-refractivity contribution is 0.124. The fourth-order valence-corrected chi connectivity index (χ4v) is 3.31. The number of piperazine rings is 1. The molecule has 0 radical (unpaired) electrons. The average Bonchev–Trinajstić information content (AvgIpc) is 2.54. The Bertz CT molecular complexity index is 361. The van der Waals surface area contributed by atoms with E-state index in [0.29, 0.717) is 6.04 Å². The summed E-state index contributed by atoms with van der Waals surface area (Å²) < 4.78 is 0. The van der Waals surface area contributed by atoms with E-state index in [2.05, 4.69) is 15.5 Å². The molecule has 126 valence electrons. The Kier molecular flexibility index (Phi) is 6.42. The van der Waals surface area contributed by atoms with Crippen molar-refractivity contribution in [1.82, 2.24) is 20.1 Å². The largest absolute Gasteiger partial charge is 0.335 e. The normalized spacial score (nSPS) is 26.5. The van der Waals surface area contributed by atoms with Crippen LogP contribution in [0.1, 0.15) is 32.1 Å². The molecule has 0 aromatic heterocycles. The van der Waals surface area contributed by atoms with E-state index in [-0.39, 0.29) is 6.03 Å². The lowest BCUT2D eigenvalue weighted by Crippen LogP contribution is -2.45. The van der Waals surface area contributed by atoms with Gasteiger partial charge in [0.1, 0.15) is 0 Å². The average molecular weight is 311 g/mol. The van der Waals surface area contributed by atoms with Gasteiger partial charge in [0.25, 0.3) is 0 Å². The summed E-state index contributed by atoms with van der Waals surface area (Å²) in [6.07, 6.45) is 5.81. The fraction of sp³-hybridized carbons (Fsp3) is 0.933. The number of carbonyl (C=O) groups is 1. The van der Waals surface area contributed by atoms with Crippen LogP contribution < -0.4 is 5.32 Å². The molecule has 1 saturated heterocycles. The summed E-state index contributed by atoms with van der Waals surface area (Å²) in [7, 11) is 3.56. The first kappa shape index (κ1) is 17.0. The number of nitrogens with one attached hydrogen (secondary N) is 1. The number of carbonyl (C=O) groups excluding carboxylic acids is 1. The van der Waals surface area contributed by atoms with Crippen LogP contribution in [0.15, 0.2) is 5.29 Å². The highest BCUT2D eigenvalue weighted by molar-refractivity contribution is 5.73. The third-order valence-corrected chi connectivity index (χ3v) is 4.90. The molecule has 7 nitrogen and oxygen atoms in total. The maximum Gasteiger partial charge on any atom is 0.317 e. The zero-order chi connectivity index (χ0) is 15.9. The molecule has 0 unspecified atom stereocenters. The molecule has 2 fully saturated rings. The van der Waals surface area contributed by atoms with Gasteiger partial charge in [-0.2, -0.15) is 0 Å². The van der Waals surface area contributed by atoms with Crippen molar-refractivity contribution < 1.29 is 4.79 Å². The summed E-state index contributed by atoms with van der Waals surface area (Å²) in [5.74, 6) is 0.773. The summed E-state index contributed by atoms with van der Waals surface area (Å²) in [5, 5.41) is 7.69. The molecule has 1 saturated carbocycles. The van der Waals surface area contributed by atoms with Crippen LogP contribution in [0.4, 0.5) is 4.79 Å². The van der Waals surface area contributed by atoms with Gasteiger partial charge in [0.15, 0.2) is 0 Å². The first-order valence-corrected chi connectivity index (χ1v) is 8.37. The number of hydrogen-bond donors (Lipinski definition) is 1. The molecule has 1 aliphatic carbocycles. The second-order valence-electron chi connectivity index (χ2n) is 6.73.